The van der Waals surface area contributed by atoms with Crippen LogP contribution in [-0.2, 0) is 6.42 Å². The van der Waals surface area contributed by atoms with E-state index in [9.17, 15) is 0 Å². The number of pyridine rings is 1. The van der Waals surface area contributed by atoms with Gasteiger partial charge in [-0.05, 0) is 31.5 Å². The topological polar surface area (TPSA) is 24.9 Å². The van der Waals surface area contributed by atoms with Crippen molar-refractivity contribution in [3.63, 3.8) is 0 Å². The largest absolute Gasteiger partial charge is 0.312 e. The van der Waals surface area contributed by atoms with Gasteiger partial charge >= 0.3 is 0 Å². The molecule has 0 saturated heterocycles. The third kappa shape index (κ3) is 3.60. The summed E-state index contributed by atoms with van der Waals surface area (Å²) in [5.74, 6) is 0. The second-order valence-electron chi connectivity index (χ2n) is 4.24. The Bertz CT molecular complexity index is 297. The van der Waals surface area contributed by atoms with Gasteiger partial charge in [-0.1, -0.05) is 39.2 Å². The van der Waals surface area contributed by atoms with E-state index in [1.54, 1.807) is 0 Å². The van der Waals surface area contributed by atoms with Gasteiger partial charge in [0, 0.05) is 12.2 Å². The van der Waals surface area contributed by atoms with E-state index in [-0.39, 0.29) is 0 Å². The maximum Gasteiger partial charge on any atom is 0.0604 e. The van der Waals surface area contributed by atoms with E-state index in [2.05, 4.69) is 30.2 Å². The number of hydrogen-bond acceptors (Lipinski definition) is 2. The Labute approximate surface area is 99.5 Å². The molecule has 0 aromatic carbocycles. The zero-order chi connectivity index (χ0) is 11.8. The standard InChI is InChI=1S/C14H24N2/c1-4-6-7-10-13(15-3)14-12(5-2)9-8-11-16-14/h8-9,11,13,15H,4-7,10H2,1-3H3. The Hall–Kier alpha value is -0.890. The summed E-state index contributed by atoms with van der Waals surface area (Å²) in [4.78, 5) is 4.54. The highest BCUT2D eigenvalue weighted by atomic mass is 14.9. The zero-order valence-corrected chi connectivity index (χ0v) is 10.8. The molecule has 1 atom stereocenters. The van der Waals surface area contributed by atoms with Crippen molar-refractivity contribution in [3.8, 4) is 0 Å². The van der Waals surface area contributed by atoms with Crippen molar-refractivity contribution in [3.05, 3.63) is 29.6 Å². The first kappa shape index (κ1) is 13.2. The number of hydrogen-bond donors (Lipinski definition) is 1. The first-order valence-electron chi connectivity index (χ1n) is 6.44. The molecule has 0 fully saturated rings. The van der Waals surface area contributed by atoms with E-state index in [0.29, 0.717) is 6.04 Å². The van der Waals surface area contributed by atoms with Crippen LogP contribution in [-0.4, -0.2) is 12.0 Å². The number of unbranched alkanes of at least 4 members (excludes halogenated alkanes) is 2. The van der Waals surface area contributed by atoms with E-state index in [1.807, 2.05) is 19.3 Å². The summed E-state index contributed by atoms with van der Waals surface area (Å²) in [7, 11) is 2.03. The lowest BCUT2D eigenvalue weighted by Gasteiger charge is -2.18. The van der Waals surface area contributed by atoms with Crippen LogP contribution in [0.5, 0.6) is 0 Å². The predicted molar refractivity (Wildman–Crippen MR) is 69.6 cm³/mol. The van der Waals surface area contributed by atoms with Crippen molar-refractivity contribution in [1.82, 2.24) is 10.3 Å². The molecule has 0 aliphatic rings. The van der Waals surface area contributed by atoms with Gasteiger partial charge in [0.2, 0.25) is 0 Å². The third-order valence-electron chi connectivity index (χ3n) is 3.08. The lowest BCUT2D eigenvalue weighted by molar-refractivity contribution is 0.498. The number of nitrogens with one attached hydrogen (secondary N) is 1. The van der Waals surface area contributed by atoms with E-state index >= 15 is 0 Å². The lowest BCUT2D eigenvalue weighted by atomic mass is 10.00. The van der Waals surface area contributed by atoms with E-state index in [0.717, 1.165) is 6.42 Å². The van der Waals surface area contributed by atoms with E-state index in [1.165, 1.54) is 36.9 Å². The molecule has 0 aliphatic carbocycles. The fourth-order valence-corrected chi connectivity index (χ4v) is 2.08. The van der Waals surface area contributed by atoms with Gasteiger partial charge in [-0.2, -0.15) is 0 Å². The molecule has 90 valence electrons. The summed E-state index contributed by atoms with van der Waals surface area (Å²) in [6.45, 7) is 4.44. The summed E-state index contributed by atoms with van der Waals surface area (Å²) in [5.41, 5.74) is 2.61. The molecule has 2 heteroatoms. The van der Waals surface area contributed by atoms with Crippen molar-refractivity contribution >= 4 is 0 Å². The maximum atomic E-state index is 4.54. The highest BCUT2D eigenvalue weighted by Crippen LogP contribution is 2.21. The summed E-state index contributed by atoms with van der Waals surface area (Å²) in [6.07, 6.45) is 8.02. The van der Waals surface area contributed by atoms with Crippen molar-refractivity contribution in [1.29, 1.82) is 0 Å². The molecule has 1 aromatic rings. The Morgan fingerprint density at radius 1 is 1.31 bits per heavy atom. The highest BCUT2D eigenvalue weighted by Gasteiger charge is 2.13. The second kappa shape index (κ2) is 7.39. The summed E-state index contributed by atoms with van der Waals surface area (Å²) >= 11 is 0. The Balaban J connectivity index is 2.69. The van der Waals surface area contributed by atoms with Crippen LogP contribution in [0.25, 0.3) is 0 Å². The predicted octanol–water partition coefficient (Wildman–Crippen LogP) is 3.48. The van der Waals surface area contributed by atoms with Crippen LogP contribution in [0.15, 0.2) is 18.3 Å². The molecular formula is C14H24N2. The normalized spacial score (nSPS) is 12.7. The molecule has 1 unspecified atom stereocenters. The monoisotopic (exact) mass is 220 g/mol. The minimum Gasteiger partial charge on any atom is -0.312 e. The SMILES string of the molecule is CCCCCC(NC)c1ncccc1CC. The first-order chi connectivity index (χ1) is 7.83. The van der Waals surface area contributed by atoms with Crippen LogP contribution in [0.3, 0.4) is 0 Å². The highest BCUT2D eigenvalue weighted by molar-refractivity contribution is 5.22. The number of nitrogens with zero attached hydrogens (tertiary/aromatic N) is 1. The van der Waals surface area contributed by atoms with Gasteiger partial charge in [0.05, 0.1) is 5.69 Å². The molecule has 1 aromatic heterocycles. The summed E-state index contributed by atoms with van der Waals surface area (Å²) < 4.78 is 0. The molecule has 16 heavy (non-hydrogen) atoms. The zero-order valence-electron chi connectivity index (χ0n) is 10.8. The molecule has 1 heterocycles. The third-order valence-corrected chi connectivity index (χ3v) is 3.08. The van der Waals surface area contributed by atoms with Gasteiger partial charge < -0.3 is 5.32 Å². The quantitative estimate of drug-likeness (QED) is 0.712. The number of rotatable bonds is 7. The van der Waals surface area contributed by atoms with Crippen molar-refractivity contribution < 1.29 is 0 Å². The average Bonchev–Trinajstić information content (AvgIpc) is 2.35. The fourth-order valence-electron chi connectivity index (χ4n) is 2.08. The first-order valence-corrected chi connectivity index (χ1v) is 6.44. The molecule has 0 saturated carbocycles. The van der Waals surface area contributed by atoms with Crippen LogP contribution in [0.4, 0.5) is 0 Å². The lowest BCUT2D eigenvalue weighted by Crippen LogP contribution is -2.19. The number of aromatic nitrogens is 1. The van der Waals surface area contributed by atoms with Crippen LogP contribution in [0.1, 0.15) is 56.8 Å². The molecule has 0 amide bonds. The second-order valence-corrected chi connectivity index (χ2v) is 4.24. The average molecular weight is 220 g/mol. The van der Waals surface area contributed by atoms with Crippen LogP contribution in [0.2, 0.25) is 0 Å². The van der Waals surface area contributed by atoms with E-state index < -0.39 is 0 Å². The van der Waals surface area contributed by atoms with Crippen LogP contribution in [0, 0.1) is 0 Å². The van der Waals surface area contributed by atoms with Gasteiger partial charge in [0.1, 0.15) is 0 Å². The van der Waals surface area contributed by atoms with Crippen LogP contribution < -0.4 is 5.32 Å². The molecule has 0 bridgehead atoms. The van der Waals surface area contributed by atoms with Gasteiger partial charge in [0.15, 0.2) is 0 Å². The molecule has 0 aliphatic heterocycles. The Morgan fingerprint density at radius 2 is 2.12 bits per heavy atom. The van der Waals surface area contributed by atoms with Crippen molar-refractivity contribution in [2.24, 2.45) is 0 Å². The van der Waals surface area contributed by atoms with Gasteiger partial charge in [-0.3, -0.25) is 4.98 Å². The molecule has 0 spiro atoms. The van der Waals surface area contributed by atoms with Gasteiger partial charge in [0.25, 0.3) is 0 Å². The summed E-state index contributed by atoms with van der Waals surface area (Å²) in [6, 6.07) is 4.64. The smallest absolute Gasteiger partial charge is 0.0604 e. The maximum absolute atomic E-state index is 4.54. The van der Waals surface area contributed by atoms with E-state index in [4.69, 9.17) is 0 Å². The molecule has 2 nitrogen and oxygen atoms in total. The van der Waals surface area contributed by atoms with Crippen molar-refractivity contribution in [2.75, 3.05) is 7.05 Å². The molecule has 1 N–H and O–H groups in total. The molecular weight excluding hydrogens is 196 g/mol. The van der Waals surface area contributed by atoms with Gasteiger partial charge in [-0.25, -0.2) is 0 Å². The van der Waals surface area contributed by atoms with Crippen LogP contribution >= 0.6 is 0 Å². The number of aryl methyl sites for hydroxylation is 1. The summed E-state index contributed by atoms with van der Waals surface area (Å²) in [5, 5.41) is 3.39. The minimum absolute atomic E-state index is 0.419. The Kier molecular flexibility index (Phi) is 6.09. The molecule has 1 rings (SSSR count). The minimum atomic E-state index is 0.419. The Morgan fingerprint density at radius 3 is 2.75 bits per heavy atom. The van der Waals surface area contributed by atoms with Gasteiger partial charge in [-0.15, -0.1) is 0 Å². The van der Waals surface area contributed by atoms with Crippen molar-refractivity contribution in [2.45, 2.75) is 52.0 Å². The fraction of sp³-hybridized carbons (Fsp3) is 0.643. The molecule has 0 radical (unpaired) electrons.